The summed E-state index contributed by atoms with van der Waals surface area (Å²) in [5.41, 5.74) is 0. The number of aromatic nitrogens is 2. The fraction of sp³-hybridized carbons (Fsp3) is 0.167. The smallest absolute Gasteiger partial charge is 0.293 e. The van der Waals surface area contributed by atoms with Gasteiger partial charge >= 0.3 is 0 Å². The van der Waals surface area contributed by atoms with Gasteiger partial charge in [-0.3, -0.25) is 0 Å². The first-order valence-electron chi connectivity index (χ1n) is 5.33. The van der Waals surface area contributed by atoms with E-state index >= 15 is 0 Å². The predicted octanol–water partition coefficient (Wildman–Crippen LogP) is 3.62. The van der Waals surface area contributed by atoms with Crippen molar-refractivity contribution >= 4 is 11.3 Å². The summed E-state index contributed by atoms with van der Waals surface area (Å²) in [5, 5.41) is 5.91. The van der Waals surface area contributed by atoms with Crippen LogP contribution in [0.15, 0.2) is 38.6 Å². The third-order valence-corrected chi connectivity index (χ3v) is 3.25. The zero-order valence-corrected chi connectivity index (χ0v) is 10.0. The standard InChI is InChI=1S/C12H10N2O2S/c1-2-8-5-6-9(15-8)12-13-11(14-16-12)10-4-3-7-17-10/h3-7H,2H2,1H3. The van der Waals surface area contributed by atoms with Crippen LogP contribution >= 0.6 is 11.3 Å². The number of aryl methyl sites for hydroxylation is 1. The van der Waals surface area contributed by atoms with E-state index in [1.165, 1.54) is 0 Å². The first-order chi connectivity index (χ1) is 8.36. The molecule has 0 radical (unpaired) electrons. The van der Waals surface area contributed by atoms with Gasteiger partial charge in [0, 0.05) is 6.42 Å². The molecule has 0 saturated heterocycles. The van der Waals surface area contributed by atoms with E-state index in [9.17, 15) is 0 Å². The van der Waals surface area contributed by atoms with E-state index in [1.54, 1.807) is 11.3 Å². The molecule has 3 aromatic rings. The highest BCUT2D eigenvalue weighted by atomic mass is 32.1. The van der Waals surface area contributed by atoms with Crippen molar-refractivity contribution in [3.63, 3.8) is 0 Å². The van der Waals surface area contributed by atoms with Crippen LogP contribution in [0.5, 0.6) is 0 Å². The Morgan fingerprint density at radius 2 is 2.24 bits per heavy atom. The van der Waals surface area contributed by atoms with Crippen molar-refractivity contribution in [1.82, 2.24) is 10.1 Å². The maximum absolute atomic E-state index is 5.56. The second kappa shape index (κ2) is 4.18. The lowest BCUT2D eigenvalue weighted by Crippen LogP contribution is -1.75. The Labute approximate surface area is 102 Å². The van der Waals surface area contributed by atoms with Crippen LogP contribution in [0.3, 0.4) is 0 Å². The van der Waals surface area contributed by atoms with Crippen LogP contribution in [0, 0.1) is 0 Å². The second-order valence-electron chi connectivity index (χ2n) is 3.52. The van der Waals surface area contributed by atoms with E-state index in [0.29, 0.717) is 17.5 Å². The minimum Gasteiger partial charge on any atom is -0.456 e. The molecule has 0 aliphatic heterocycles. The molecule has 86 valence electrons. The Hall–Kier alpha value is -1.88. The molecular weight excluding hydrogens is 236 g/mol. The summed E-state index contributed by atoms with van der Waals surface area (Å²) in [4.78, 5) is 5.30. The molecule has 3 rings (SSSR count). The normalized spacial score (nSPS) is 10.9. The van der Waals surface area contributed by atoms with Crippen LogP contribution in [0.2, 0.25) is 0 Å². The largest absolute Gasteiger partial charge is 0.456 e. The lowest BCUT2D eigenvalue weighted by atomic mass is 10.3. The molecule has 3 heterocycles. The minimum absolute atomic E-state index is 0.424. The van der Waals surface area contributed by atoms with Crippen molar-refractivity contribution in [2.75, 3.05) is 0 Å². The van der Waals surface area contributed by atoms with Gasteiger partial charge in [-0.05, 0) is 23.6 Å². The molecule has 5 heteroatoms. The van der Waals surface area contributed by atoms with Gasteiger partial charge in [0.2, 0.25) is 5.82 Å². The highest BCUT2D eigenvalue weighted by molar-refractivity contribution is 7.13. The average molecular weight is 246 g/mol. The molecule has 3 aromatic heterocycles. The number of hydrogen-bond acceptors (Lipinski definition) is 5. The summed E-state index contributed by atoms with van der Waals surface area (Å²) < 4.78 is 10.7. The van der Waals surface area contributed by atoms with Crippen LogP contribution in [-0.2, 0) is 6.42 Å². The third-order valence-electron chi connectivity index (χ3n) is 2.39. The number of nitrogens with zero attached hydrogens (tertiary/aromatic N) is 2. The minimum atomic E-state index is 0.424. The van der Waals surface area contributed by atoms with Crippen molar-refractivity contribution in [2.45, 2.75) is 13.3 Å². The summed E-state index contributed by atoms with van der Waals surface area (Å²) in [6.07, 6.45) is 0.853. The molecule has 0 atom stereocenters. The van der Waals surface area contributed by atoms with Gasteiger partial charge in [-0.1, -0.05) is 18.1 Å². The molecule has 0 amide bonds. The SMILES string of the molecule is CCc1ccc(-c2nc(-c3cccs3)no2)o1. The molecule has 0 fully saturated rings. The Bertz CT molecular complexity index is 610. The van der Waals surface area contributed by atoms with Crippen LogP contribution < -0.4 is 0 Å². The van der Waals surface area contributed by atoms with E-state index in [-0.39, 0.29) is 0 Å². The summed E-state index contributed by atoms with van der Waals surface area (Å²) in [6.45, 7) is 2.04. The average Bonchev–Trinajstić information content (AvgIpc) is 3.09. The quantitative estimate of drug-likeness (QED) is 0.708. The highest BCUT2D eigenvalue weighted by Gasteiger charge is 2.14. The molecule has 17 heavy (non-hydrogen) atoms. The lowest BCUT2D eigenvalue weighted by Gasteiger charge is -1.87. The van der Waals surface area contributed by atoms with Crippen molar-refractivity contribution < 1.29 is 8.94 Å². The van der Waals surface area contributed by atoms with Gasteiger partial charge in [-0.25, -0.2) is 0 Å². The van der Waals surface area contributed by atoms with Gasteiger partial charge in [0.15, 0.2) is 5.76 Å². The molecule has 0 aliphatic carbocycles. The Balaban J connectivity index is 1.94. The number of rotatable bonds is 3. The molecule has 0 N–H and O–H groups in total. The zero-order chi connectivity index (χ0) is 11.7. The summed E-state index contributed by atoms with van der Waals surface area (Å²) in [7, 11) is 0. The van der Waals surface area contributed by atoms with E-state index in [2.05, 4.69) is 10.1 Å². The van der Waals surface area contributed by atoms with Gasteiger partial charge in [-0.2, -0.15) is 4.98 Å². The van der Waals surface area contributed by atoms with Crippen LogP contribution in [-0.4, -0.2) is 10.1 Å². The van der Waals surface area contributed by atoms with Crippen LogP contribution in [0.4, 0.5) is 0 Å². The highest BCUT2D eigenvalue weighted by Crippen LogP contribution is 2.26. The van der Waals surface area contributed by atoms with Crippen molar-refractivity contribution in [1.29, 1.82) is 0 Å². The third kappa shape index (κ3) is 1.89. The van der Waals surface area contributed by atoms with Gasteiger partial charge in [0.25, 0.3) is 5.89 Å². The topological polar surface area (TPSA) is 52.1 Å². The Morgan fingerprint density at radius 3 is 2.94 bits per heavy atom. The molecule has 0 bridgehead atoms. The first kappa shape index (κ1) is 10.3. The summed E-state index contributed by atoms with van der Waals surface area (Å²) in [6, 6.07) is 7.69. The molecule has 0 aromatic carbocycles. The Morgan fingerprint density at radius 1 is 1.29 bits per heavy atom. The lowest BCUT2D eigenvalue weighted by molar-refractivity contribution is 0.412. The monoisotopic (exact) mass is 246 g/mol. The maximum atomic E-state index is 5.56. The Kier molecular flexibility index (Phi) is 2.53. The molecule has 0 aliphatic rings. The zero-order valence-electron chi connectivity index (χ0n) is 9.21. The van der Waals surface area contributed by atoms with Gasteiger partial charge < -0.3 is 8.94 Å². The predicted molar refractivity (Wildman–Crippen MR) is 64.7 cm³/mol. The fourth-order valence-electron chi connectivity index (χ4n) is 1.51. The summed E-state index contributed by atoms with van der Waals surface area (Å²) in [5.74, 6) is 2.56. The van der Waals surface area contributed by atoms with Crippen molar-refractivity contribution in [3.8, 4) is 22.4 Å². The van der Waals surface area contributed by atoms with E-state index in [4.69, 9.17) is 8.94 Å². The van der Waals surface area contributed by atoms with Crippen molar-refractivity contribution in [3.05, 3.63) is 35.4 Å². The van der Waals surface area contributed by atoms with Gasteiger partial charge in [-0.15, -0.1) is 11.3 Å². The van der Waals surface area contributed by atoms with E-state index in [1.807, 2.05) is 36.6 Å². The van der Waals surface area contributed by atoms with Crippen LogP contribution in [0.1, 0.15) is 12.7 Å². The number of hydrogen-bond donors (Lipinski definition) is 0. The van der Waals surface area contributed by atoms with Crippen molar-refractivity contribution in [2.24, 2.45) is 0 Å². The fourth-order valence-corrected chi connectivity index (χ4v) is 2.16. The van der Waals surface area contributed by atoms with E-state index in [0.717, 1.165) is 17.1 Å². The second-order valence-corrected chi connectivity index (χ2v) is 4.47. The number of thiophene rings is 1. The maximum Gasteiger partial charge on any atom is 0.293 e. The number of furan rings is 1. The molecule has 0 saturated carbocycles. The molecule has 0 spiro atoms. The van der Waals surface area contributed by atoms with E-state index < -0.39 is 0 Å². The molecular formula is C12H10N2O2S. The molecule has 4 nitrogen and oxygen atoms in total. The summed E-state index contributed by atoms with van der Waals surface area (Å²) >= 11 is 1.58. The van der Waals surface area contributed by atoms with Crippen LogP contribution in [0.25, 0.3) is 22.4 Å². The van der Waals surface area contributed by atoms with Gasteiger partial charge in [0.05, 0.1) is 4.88 Å². The molecule has 0 unspecified atom stereocenters. The first-order valence-corrected chi connectivity index (χ1v) is 6.21. The van der Waals surface area contributed by atoms with Gasteiger partial charge in [0.1, 0.15) is 5.76 Å².